The number of aliphatic hydroxyl groups excluding tert-OH is 6. The Morgan fingerprint density at radius 3 is 1.68 bits per heavy atom. The molecule has 20 heteroatoms. The minimum Gasteiger partial charge on any atom is -0.462 e. The molecular weight excluding hydrogens is 962 g/mol. The number of aliphatic hydroxyl groups is 6. The summed E-state index contributed by atoms with van der Waals surface area (Å²) >= 11 is 0. The van der Waals surface area contributed by atoms with Crippen LogP contribution in [-0.2, 0) is 41.8 Å². The van der Waals surface area contributed by atoms with Crippen LogP contribution >= 0.6 is 15.6 Å². The summed E-state index contributed by atoms with van der Waals surface area (Å²) in [6.45, 7) is 2.72. The van der Waals surface area contributed by atoms with Crippen LogP contribution in [-0.4, -0.2) is 125 Å². The van der Waals surface area contributed by atoms with Crippen molar-refractivity contribution in [3.05, 3.63) is 97.2 Å². The molecule has 0 bridgehead atoms. The Balaban J connectivity index is 2.69. The predicted octanol–water partition coefficient (Wildman–Crippen LogP) is 7.89. The number of hydrogen-bond acceptors (Lipinski definition) is 15. The summed E-state index contributed by atoms with van der Waals surface area (Å²) in [4.78, 5) is 54.4. The fraction of sp³-hybridized carbons (Fsp3) is 0.647. The highest BCUT2D eigenvalue weighted by Gasteiger charge is 2.54. The van der Waals surface area contributed by atoms with Crippen LogP contribution in [0.4, 0.5) is 0 Å². The highest BCUT2D eigenvalue weighted by atomic mass is 31.2. The van der Waals surface area contributed by atoms with Crippen LogP contribution < -0.4 is 0 Å². The number of esters is 2. The standard InChI is InChI=1S/C51H84O18P2/c1-3-5-7-9-11-12-13-14-15-16-17-18-19-20-21-22-23-25-31-37-44(54)65-39-43(40-66-71(63,64)69-51-48(58)46(56)47(57)50(49(51)59)68-70(60,61)62)67-45(55)38-32-36-42(53)35-30-27-26-29-34-41(52)33-28-24-10-8-6-4-2/h5,7,11-12,14-15,17-18,24,26-30,34-35,41-43,46-53,56-59H,3-4,6,8-10,13,16,19-23,25,31-33,36-40H2,1-2H3,(H,63,64)(H2,60,61,62)/b7-5-,12-11-,15-14-,18-17-,27-26+,28-24-,34-29+,35-30-/t41-,42-,43+,46?,47?,48?,49?,50+,51-/m0/s1. The van der Waals surface area contributed by atoms with E-state index in [1.54, 1.807) is 30.4 Å². The number of carbonyl (C=O) groups is 2. The third-order valence-electron chi connectivity index (χ3n) is 10.8. The van der Waals surface area contributed by atoms with Crippen molar-refractivity contribution in [2.24, 2.45) is 0 Å². The van der Waals surface area contributed by atoms with Gasteiger partial charge in [0.25, 0.3) is 0 Å². The first-order chi connectivity index (χ1) is 33.9. The van der Waals surface area contributed by atoms with Gasteiger partial charge in [0.1, 0.15) is 43.2 Å². The first kappa shape index (κ1) is 65.9. The number of rotatable bonds is 40. The molecule has 1 rings (SSSR count). The summed E-state index contributed by atoms with van der Waals surface area (Å²) in [5, 5.41) is 61.7. The van der Waals surface area contributed by atoms with Crippen molar-refractivity contribution in [2.75, 3.05) is 13.2 Å². The van der Waals surface area contributed by atoms with Gasteiger partial charge in [-0.2, -0.15) is 0 Å². The minimum absolute atomic E-state index is 0.0459. The van der Waals surface area contributed by atoms with E-state index in [1.165, 1.54) is 12.5 Å². The van der Waals surface area contributed by atoms with Crippen LogP contribution in [0.5, 0.6) is 0 Å². The molecule has 0 radical (unpaired) electrons. The number of allylic oxidation sites excluding steroid dienone is 13. The van der Waals surface area contributed by atoms with Crippen molar-refractivity contribution in [3.8, 4) is 0 Å². The average molecular weight is 1050 g/mol. The van der Waals surface area contributed by atoms with Crippen LogP contribution in [0.25, 0.3) is 0 Å². The van der Waals surface area contributed by atoms with Gasteiger partial charge in [0.05, 0.1) is 18.8 Å². The number of phosphoric ester groups is 2. The molecule has 71 heavy (non-hydrogen) atoms. The largest absolute Gasteiger partial charge is 0.472 e. The van der Waals surface area contributed by atoms with Crippen LogP contribution in [0, 0.1) is 0 Å². The maximum absolute atomic E-state index is 13.0. The van der Waals surface area contributed by atoms with E-state index in [1.807, 2.05) is 6.08 Å². The molecule has 406 valence electrons. The lowest BCUT2D eigenvalue weighted by Gasteiger charge is -2.43. The molecule has 0 saturated heterocycles. The number of unbranched alkanes of at least 4 members (excludes halogenated alkanes) is 9. The maximum atomic E-state index is 13.0. The monoisotopic (exact) mass is 1050 g/mol. The normalized spacial score (nSPS) is 22.6. The zero-order valence-corrected chi connectivity index (χ0v) is 43.4. The van der Waals surface area contributed by atoms with Crippen molar-refractivity contribution in [1.82, 2.24) is 0 Å². The van der Waals surface area contributed by atoms with Gasteiger partial charge in [-0.25, -0.2) is 9.13 Å². The van der Waals surface area contributed by atoms with Crippen LogP contribution in [0.15, 0.2) is 97.2 Å². The minimum atomic E-state index is -5.40. The Bertz CT molecular complexity index is 1770. The van der Waals surface area contributed by atoms with E-state index in [0.717, 1.165) is 83.5 Å². The highest BCUT2D eigenvalue weighted by molar-refractivity contribution is 7.47. The molecule has 1 fully saturated rings. The highest BCUT2D eigenvalue weighted by Crippen LogP contribution is 2.49. The fourth-order valence-corrected chi connectivity index (χ4v) is 8.45. The van der Waals surface area contributed by atoms with E-state index in [4.69, 9.17) is 18.5 Å². The number of ether oxygens (including phenoxy) is 2. The van der Waals surface area contributed by atoms with Crippen molar-refractivity contribution in [2.45, 2.75) is 197 Å². The van der Waals surface area contributed by atoms with Gasteiger partial charge in [-0.1, -0.05) is 150 Å². The second kappa shape index (κ2) is 40.3. The van der Waals surface area contributed by atoms with Gasteiger partial charge in [-0.15, -0.1) is 0 Å². The Hall–Kier alpha value is -3.16. The summed E-state index contributed by atoms with van der Waals surface area (Å²) in [5.74, 6) is -1.47. The molecule has 18 nitrogen and oxygen atoms in total. The summed E-state index contributed by atoms with van der Waals surface area (Å²) in [6, 6.07) is 0. The van der Waals surface area contributed by atoms with Crippen LogP contribution in [0.3, 0.4) is 0 Å². The zero-order valence-electron chi connectivity index (χ0n) is 41.6. The second-order valence-electron chi connectivity index (χ2n) is 17.2. The molecule has 0 amide bonds. The Morgan fingerprint density at radius 2 is 1.07 bits per heavy atom. The molecule has 1 saturated carbocycles. The Kier molecular flexibility index (Phi) is 37.3. The number of phosphoric acid groups is 2. The van der Waals surface area contributed by atoms with Crippen LogP contribution in [0.1, 0.15) is 142 Å². The molecule has 0 aliphatic heterocycles. The van der Waals surface area contributed by atoms with Gasteiger partial charge in [-0.3, -0.25) is 23.2 Å². The van der Waals surface area contributed by atoms with Gasteiger partial charge in [0, 0.05) is 12.8 Å². The molecule has 9 N–H and O–H groups in total. The zero-order chi connectivity index (χ0) is 52.8. The first-order valence-electron chi connectivity index (χ1n) is 25.0. The lowest BCUT2D eigenvalue weighted by molar-refractivity contribution is -0.216. The molecule has 10 atom stereocenters. The summed E-state index contributed by atoms with van der Waals surface area (Å²) in [5.41, 5.74) is 0. The Labute approximate surface area is 421 Å². The van der Waals surface area contributed by atoms with E-state index in [9.17, 15) is 64.0 Å². The van der Waals surface area contributed by atoms with Gasteiger partial charge in [0.15, 0.2) is 6.10 Å². The quantitative estimate of drug-likeness (QED) is 0.00926. The molecule has 0 heterocycles. The fourth-order valence-electron chi connectivity index (χ4n) is 6.92. The summed E-state index contributed by atoms with van der Waals surface area (Å²) in [7, 11) is -10.8. The van der Waals surface area contributed by atoms with E-state index in [2.05, 4.69) is 73.1 Å². The lowest BCUT2D eigenvalue weighted by atomic mass is 9.85. The Morgan fingerprint density at radius 1 is 0.549 bits per heavy atom. The molecule has 0 aromatic carbocycles. The molecule has 1 aliphatic rings. The van der Waals surface area contributed by atoms with Gasteiger partial charge in [-0.05, 0) is 77.0 Å². The molecule has 0 spiro atoms. The second-order valence-corrected chi connectivity index (χ2v) is 19.8. The smallest absolute Gasteiger partial charge is 0.462 e. The molecule has 5 unspecified atom stereocenters. The average Bonchev–Trinajstić information content (AvgIpc) is 3.32. The number of hydrogen-bond donors (Lipinski definition) is 9. The molecular formula is C51H84O18P2. The van der Waals surface area contributed by atoms with Gasteiger partial charge in [0.2, 0.25) is 0 Å². The van der Waals surface area contributed by atoms with Crippen molar-refractivity contribution in [1.29, 1.82) is 0 Å². The van der Waals surface area contributed by atoms with Crippen molar-refractivity contribution < 1.29 is 87.1 Å². The number of carbonyl (C=O) groups excluding carboxylic acids is 2. The van der Waals surface area contributed by atoms with Crippen molar-refractivity contribution in [3.63, 3.8) is 0 Å². The van der Waals surface area contributed by atoms with Gasteiger partial charge < -0.3 is 54.8 Å². The van der Waals surface area contributed by atoms with Crippen LogP contribution in [0.2, 0.25) is 0 Å². The van der Waals surface area contributed by atoms with Crippen molar-refractivity contribution >= 4 is 27.6 Å². The van der Waals surface area contributed by atoms with E-state index < -0.39 is 95.7 Å². The molecule has 0 aromatic rings. The third kappa shape index (κ3) is 34.8. The van der Waals surface area contributed by atoms with Gasteiger partial charge >= 0.3 is 27.6 Å². The topological polar surface area (TPSA) is 296 Å². The first-order valence-corrected chi connectivity index (χ1v) is 28.0. The predicted molar refractivity (Wildman–Crippen MR) is 271 cm³/mol. The van der Waals surface area contributed by atoms with E-state index in [0.29, 0.717) is 12.8 Å². The third-order valence-corrected chi connectivity index (χ3v) is 12.3. The molecule has 0 aromatic heterocycles. The maximum Gasteiger partial charge on any atom is 0.472 e. The lowest BCUT2D eigenvalue weighted by Crippen LogP contribution is -2.64. The summed E-state index contributed by atoms with van der Waals surface area (Å²) < 4.78 is 49.2. The SMILES string of the molecule is CC/C=C\C/C=C\C/C=C\C/C=C\CCCCCCCCC(=O)OC[C@H](COP(=O)(O)O[C@H]1C(O)C(O)C(O)[C@@H](OP(=O)(O)O)C1O)OC(=O)CCC[C@@H](O)\C=C/C=C/C=C/[C@@H](O)C/C=C\CCCCC. The molecule has 1 aliphatic carbocycles. The van der Waals surface area contributed by atoms with E-state index in [-0.39, 0.29) is 25.7 Å². The summed E-state index contributed by atoms with van der Waals surface area (Å²) in [6.07, 6.45) is 29.6. The van der Waals surface area contributed by atoms with E-state index >= 15 is 0 Å².